The van der Waals surface area contributed by atoms with Crippen LogP contribution in [0.15, 0.2) is 33.4 Å². The van der Waals surface area contributed by atoms with E-state index in [0.29, 0.717) is 6.54 Å². The highest BCUT2D eigenvalue weighted by atomic mass is 79.9. The summed E-state index contributed by atoms with van der Waals surface area (Å²) in [5.74, 6) is 1.80. The van der Waals surface area contributed by atoms with Crippen molar-refractivity contribution in [2.75, 3.05) is 6.61 Å². The normalized spacial score (nSPS) is 13.5. The van der Waals surface area contributed by atoms with Gasteiger partial charge in [-0.25, -0.2) is 0 Å². The van der Waals surface area contributed by atoms with Crippen molar-refractivity contribution in [2.45, 2.75) is 13.0 Å². The Kier molecular flexibility index (Phi) is 2.68. The molecule has 1 aliphatic heterocycles. The lowest BCUT2D eigenvalue weighted by Crippen LogP contribution is -2.00. The number of ether oxygens (including phenoxy) is 1. The Hall–Kier alpha value is -1.26. The van der Waals surface area contributed by atoms with Crippen molar-refractivity contribution in [2.24, 2.45) is 5.73 Å². The number of benzene rings is 1. The van der Waals surface area contributed by atoms with Crippen LogP contribution in [0, 0.1) is 0 Å². The fourth-order valence-corrected chi connectivity index (χ4v) is 2.60. The zero-order chi connectivity index (χ0) is 11.8. The van der Waals surface area contributed by atoms with Crippen molar-refractivity contribution in [3.05, 3.63) is 40.1 Å². The van der Waals surface area contributed by atoms with Gasteiger partial charge in [-0.15, -0.1) is 0 Å². The van der Waals surface area contributed by atoms with Gasteiger partial charge < -0.3 is 14.9 Å². The largest absolute Gasteiger partial charge is 0.493 e. The average Bonchev–Trinajstić information content (AvgIpc) is 2.95. The Labute approximate surface area is 108 Å². The molecule has 2 heterocycles. The smallest absolute Gasteiger partial charge is 0.148 e. The molecule has 88 valence electrons. The summed E-state index contributed by atoms with van der Waals surface area (Å²) in [4.78, 5) is 0. The zero-order valence-corrected chi connectivity index (χ0v) is 10.8. The van der Waals surface area contributed by atoms with Crippen LogP contribution < -0.4 is 10.5 Å². The maximum atomic E-state index is 5.76. The van der Waals surface area contributed by atoms with E-state index in [0.717, 1.165) is 40.1 Å². The van der Waals surface area contributed by atoms with Crippen LogP contribution in [0.3, 0.4) is 0 Å². The first-order valence-corrected chi connectivity index (χ1v) is 6.31. The van der Waals surface area contributed by atoms with E-state index in [4.69, 9.17) is 14.9 Å². The maximum absolute atomic E-state index is 5.76. The summed E-state index contributed by atoms with van der Waals surface area (Å²) in [6.07, 6.45) is 2.61. The third-order valence-electron chi connectivity index (χ3n) is 2.96. The number of nitrogens with two attached hydrogens (primary N) is 1. The van der Waals surface area contributed by atoms with Crippen LogP contribution in [0.25, 0.3) is 11.3 Å². The Morgan fingerprint density at radius 1 is 1.35 bits per heavy atom. The molecule has 2 aromatic rings. The molecule has 3 rings (SSSR count). The molecule has 4 heteroatoms. The molecule has 0 saturated heterocycles. The zero-order valence-electron chi connectivity index (χ0n) is 9.20. The van der Waals surface area contributed by atoms with E-state index >= 15 is 0 Å². The van der Waals surface area contributed by atoms with Crippen molar-refractivity contribution in [1.82, 2.24) is 0 Å². The van der Waals surface area contributed by atoms with Gasteiger partial charge in [-0.2, -0.15) is 0 Å². The summed E-state index contributed by atoms with van der Waals surface area (Å²) in [5.41, 5.74) is 9.06. The highest BCUT2D eigenvalue weighted by Gasteiger charge is 2.19. The standard InChI is InChI=1S/C13H12BrNO2/c14-11-2-4-17-13(11)9-5-8-1-3-16-12(8)10(6-9)7-15/h2,4-6H,1,3,7,15H2. The summed E-state index contributed by atoms with van der Waals surface area (Å²) in [6, 6.07) is 6.04. The van der Waals surface area contributed by atoms with Crippen LogP contribution in [-0.4, -0.2) is 6.61 Å². The first-order valence-electron chi connectivity index (χ1n) is 5.51. The van der Waals surface area contributed by atoms with Crippen molar-refractivity contribution >= 4 is 15.9 Å². The second kappa shape index (κ2) is 4.20. The third-order valence-corrected chi connectivity index (χ3v) is 3.58. The molecule has 1 aromatic heterocycles. The number of furan rings is 1. The van der Waals surface area contributed by atoms with Crippen molar-refractivity contribution in [3.8, 4) is 17.1 Å². The molecule has 0 unspecified atom stereocenters. The molecule has 0 fully saturated rings. The number of hydrogen-bond acceptors (Lipinski definition) is 3. The van der Waals surface area contributed by atoms with Gasteiger partial charge >= 0.3 is 0 Å². The van der Waals surface area contributed by atoms with Gasteiger partial charge in [0.2, 0.25) is 0 Å². The van der Waals surface area contributed by atoms with E-state index < -0.39 is 0 Å². The van der Waals surface area contributed by atoms with Gasteiger partial charge in [0.15, 0.2) is 0 Å². The summed E-state index contributed by atoms with van der Waals surface area (Å²) in [6.45, 7) is 1.22. The molecule has 1 aromatic carbocycles. The van der Waals surface area contributed by atoms with E-state index in [-0.39, 0.29) is 0 Å². The van der Waals surface area contributed by atoms with E-state index in [2.05, 4.69) is 22.0 Å². The van der Waals surface area contributed by atoms with Gasteiger partial charge in [-0.05, 0) is 39.7 Å². The van der Waals surface area contributed by atoms with Crippen LogP contribution in [0.4, 0.5) is 0 Å². The monoisotopic (exact) mass is 293 g/mol. The highest BCUT2D eigenvalue weighted by Crippen LogP contribution is 2.37. The SMILES string of the molecule is NCc1cc(-c2occc2Br)cc2c1OCC2. The molecular weight excluding hydrogens is 282 g/mol. The summed E-state index contributed by atoms with van der Waals surface area (Å²) >= 11 is 3.47. The maximum Gasteiger partial charge on any atom is 0.148 e. The second-order valence-corrected chi connectivity index (χ2v) is 4.88. The highest BCUT2D eigenvalue weighted by molar-refractivity contribution is 9.10. The third kappa shape index (κ3) is 1.77. The summed E-state index contributed by atoms with van der Waals surface area (Å²) < 4.78 is 12.0. The Morgan fingerprint density at radius 2 is 2.24 bits per heavy atom. The molecule has 0 radical (unpaired) electrons. The fraction of sp³-hybridized carbons (Fsp3) is 0.231. The van der Waals surface area contributed by atoms with Crippen LogP contribution in [0.5, 0.6) is 5.75 Å². The average molecular weight is 294 g/mol. The van der Waals surface area contributed by atoms with Crippen molar-refractivity contribution in [3.63, 3.8) is 0 Å². The van der Waals surface area contributed by atoms with Gasteiger partial charge in [-0.3, -0.25) is 0 Å². The molecule has 3 nitrogen and oxygen atoms in total. The molecule has 1 aliphatic rings. The van der Waals surface area contributed by atoms with Gasteiger partial charge in [0.05, 0.1) is 17.3 Å². The number of hydrogen-bond donors (Lipinski definition) is 1. The first kappa shape index (κ1) is 10.9. The van der Waals surface area contributed by atoms with Gasteiger partial charge in [0.1, 0.15) is 11.5 Å². The topological polar surface area (TPSA) is 48.4 Å². The van der Waals surface area contributed by atoms with Gasteiger partial charge in [0.25, 0.3) is 0 Å². The van der Waals surface area contributed by atoms with E-state index in [1.54, 1.807) is 6.26 Å². The Balaban J connectivity index is 2.16. The number of rotatable bonds is 2. The molecule has 17 heavy (non-hydrogen) atoms. The first-order chi connectivity index (χ1) is 8.29. The van der Waals surface area contributed by atoms with Crippen molar-refractivity contribution < 1.29 is 9.15 Å². The molecule has 0 aliphatic carbocycles. The molecule has 0 amide bonds. The Morgan fingerprint density at radius 3 is 2.94 bits per heavy atom. The van der Waals surface area contributed by atoms with Gasteiger partial charge in [0, 0.05) is 24.1 Å². The van der Waals surface area contributed by atoms with E-state index in [1.165, 1.54) is 5.56 Å². The Bertz CT molecular complexity index is 563. The minimum Gasteiger partial charge on any atom is -0.493 e. The van der Waals surface area contributed by atoms with Crippen molar-refractivity contribution in [1.29, 1.82) is 0 Å². The van der Waals surface area contributed by atoms with Crippen LogP contribution >= 0.6 is 15.9 Å². The molecule has 0 saturated carbocycles. The minimum atomic E-state index is 0.481. The minimum absolute atomic E-state index is 0.481. The van der Waals surface area contributed by atoms with Crippen LogP contribution in [0.2, 0.25) is 0 Å². The molecule has 0 bridgehead atoms. The lowest BCUT2D eigenvalue weighted by atomic mass is 10.0. The quantitative estimate of drug-likeness (QED) is 0.926. The predicted octanol–water partition coefficient (Wildman–Crippen LogP) is 3.10. The number of halogens is 1. The van der Waals surface area contributed by atoms with Gasteiger partial charge in [-0.1, -0.05) is 0 Å². The molecule has 0 atom stereocenters. The fourth-order valence-electron chi connectivity index (χ4n) is 2.17. The molecule has 2 N–H and O–H groups in total. The van der Waals surface area contributed by atoms with Crippen LogP contribution in [-0.2, 0) is 13.0 Å². The number of fused-ring (bicyclic) bond motifs is 1. The van der Waals surface area contributed by atoms with Crippen LogP contribution in [0.1, 0.15) is 11.1 Å². The molecular formula is C13H12BrNO2. The second-order valence-electron chi connectivity index (χ2n) is 4.02. The van der Waals surface area contributed by atoms with E-state index in [9.17, 15) is 0 Å². The molecule has 0 spiro atoms. The lowest BCUT2D eigenvalue weighted by molar-refractivity contribution is 0.353. The summed E-state index contributed by atoms with van der Waals surface area (Å²) in [7, 11) is 0. The lowest BCUT2D eigenvalue weighted by Gasteiger charge is -2.08. The van der Waals surface area contributed by atoms with E-state index in [1.807, 2.05) is 12.1 Å². The summed E-state index contributed by atoms with van der Waals surface area (Å²) in [5, 5.41) is 0. The predicted molar refractivity (Wildman–Crippen MR) is 68.9 cm³/mol.